The van der Waals surface area contributed by atoms with Crippen LogP contribution in [0, 0.1) is 0 Å². The van der Waals surface area contributed by atoms with E-state index >= 15 is 0 Å². The standard InChI is InChI=1S/C22H17ClN4O3/c23-15-7-4-8-16(11-15)25-21(28)18-13-24-27-17(10-9-14-5-2-1-3-6-14)12-19(22(29)30)26-20(18)27/h1-13,17,26H,(H,25,28)(H,29,30)/b10-9+. The van der Waals surface area contributed by atoms with Crippen molar-refractivity contribution >= 4 is 41.1 Å². The zero-order valence-corrected chi connectivity index (χ0v) is 16.4. The van der Waals surface area contributed by atoms with Crippen molar-refractivity contribution in [3.63, 3.8) is 0 Å². The van der Waals surface area contributed by atoms with Crippen molar-refractivity contribution in [1.29, 1.82) is 0 Å². The molecule has 7 nitrogen and oxygen atoms in total. The molecule has 3 N–H and O–H groups in total. The first-order valence-corrected chi connectivity index (χ1v) is 9.49. The van der Waals surface area contributed by atoms with Gasteiger partial charge in [-0.25, -0.2) is 9.48 Å². The van der Waals surface area contributed by atoms with Gasteiger partial charge in [-0.2, -0.15) is 5.10 Å². The van der Waals surface area contributed by atoms with Crippen LogP contribution in [0.15, 0.2) is 78.6 Å². The number of carboxylic acid groups (broad SMARTS) is 1. The molecule has 0 fully saturated rings. The quantitative estimate of drug-likeness (QED) is 0.567. The van der Waals surface area contributed by atoms with Crippen LogP contribution in [0.3, 0.4) is 0 Å². The first-order valence-electron chi connectivity index (χ1n) is 9.11. The first-order chi connectivity index (χ1) is 14.5. The molecule has 2 heterocycles. The van der Waals surface area contributed by atoms with Crippen molar-refractivity contribution in [3.05, 3.63) is 94.8 Å². The van der Waals surface area contributed by atoms with E-state index in [0.717, 1.165) is 5.56 Å². The lowest BCUT2D eigenvalue weighted by molar-refractivity contribution is -0.132. The van der Waals surface area contributed by atoms with Crippen molar-refractivity contribution < 1.29 is 14.7 Å². The molecule has 0 bridgehead atoms. The Kier molecular flexibility index (Phi) is 5.36. The van der Waals surface area contributed by atoms with Crippen molar-refractivity contribution in [2.24, 2.45) is 0 Å². The number of amides is 1. The Balaban J connectivity index is 1.65. The van der Waals surface area contributed by atoms with Gasteiger partial charge in [0.1, 0.15) is 17.1 Å². The molecule has 150 valence electrons. The van der Waals surface area contributed by atoms with E-state index < -0.39 is 17.9 Å². The van der Waals surface area contributed by atoms with Gasteiger partial charge in [-0.05, 0) is 29.8 Å². The zero-order valence-electron chi connectivity index (χ0n) is 15.6. The number of hydrogen-bond acceptors (Lipinski definition) is 4. The van der Waals surface area contributed by atoms with Gasteiger partial charge >= 0.3 is 5.97 Å². The summed E-state index contributed by atoms with van der Waals surface area (Å²) in [5.74, 6) is -1.25. The molecule has 2 aromatic carbocycles. The van der Waals surface area contributed by atoms with Crippen LogP contribution in [0.25, 0.3) is 6.08 Å². The third kappa shape index (κ3) is 4.11. The fourth-order valence-electron chi connectivity index (χ4n) is 3.09. The highest BCUT2D eigenvalue weighted by atomic mass is 35.5. The Hall–Kier alpha value is -3.84. The lowest BCUT2D eigenvalue weighted by Gasteiger charge is -2.22. The summed E-state index contributed by atoms with van der Waals surface area (Å²) in [5, 5.41) is 19.8. The molecule has 0 spiro atoms. The molecule has 1 amide bonds. The Morgan fingerprint density at radius 3 is 2.70 bits per heavy atom. The maximum atomic E-state index is 12.8. The number of aliphatic carboxylic acids is 1. The van der Waals surface area contributed by atoms with Crippen molar-refractivity contribution in [2.75, 3.05) is 10.6 Å². The van der Waals surface area contributed by atoms with Crippen molar-refractivity contribution in [1.82, 2.24) is 9.78 Å². The number of benzene rings is 2. The van der Waals surface area contributed by atoms with Crippen LogP contribution in [-0.2, 0) is 4.79 Å². The van der Waals surface area contributed by atoms with Crippen LogP contribution >= 0.6 is 11.6 Å². The van der Waals surface area contributed by atoms with E-state index in [-0.39, 0.29) is 11.3 Å². The number of carbonyl (C=O) groups is 2. The lowest BCUT2D eigenvalue weighted by Crippen LogP contribution is -2.24. The number of carbonyl (C=O) groups excluding carboxylic acids is 1. The molecule has 1 aliphatic heterocycles. The van der Waals surface area contributed by atoms with Crippen LogP contribution in [0.2, 0.25) is 5.02 Å². The van der Waals surface area contributed by atoms with E-state index in [1.165, 1.54) is 6.20 Å². The number of rotatable bonds is 5. The van der Waals surface area contributed by atoms with Gasteiger partial charge in [-0.3, -0.25) is 4.79 Å². The topological polar surface area (TPSA) is 96.2 Å². The number of nitrogens with zero attached hydrogens (tertiary/aromatic N) is 2. The predicted octanol–water partition coefficient (Wildman–Crippen LogP) is 4.44. The molecule has 3 aromatic rings. The zero-order chi connectivity index (χ0) is 21.1. The minimum Gasteiger partial charge on any atom is -0.477 e. The summed E-state index contributed by atoms with van der Waals surface area (Å²) in [4.78, 5) is 24.4. The Morgan fingerprint density at radius 2 is 1.97 bits per heavy atom. The molecule has 0 saturated carbocycles. The summed E-state index contributed by atoms with van der Waals surface area (Å²) in [6.45, 7) is 0. The number of aromatic nitrogens is 2. The second-order valence-corrected chi connectivity index (χ2v) is 7.02. The number of nitrogens with one attached hydrogen (secondary N) is 2. The SMILES string of the molecule is O=C(O)C1=CC(/C=C/c2ccccc2)n2ncc(C(=O)Nc3cccc(Cl)c3)c2N1. The molecule has 0 aliphatic carbocycles. The van der Waals surface area contributed by atoms with Gasteiger partial charge in [0, 0.05) is 10.7 Å². The number of fused-ring (bicyclic) bond motifs is 1. The Labute approximate surface area is 177 Å². The average Bonchev–Trinajstić information content (AvgIpc) is 3.17. The third-order valence-corrected chi connectivity index (χ3v) is 4.75. The van der Waals surface area contributed by atoms with Crippen LogP contribution in [0.4, 0.5) is 11.5 Å². The third-order valence-electron chi connectivity index (χ3n) is 4.51. The largest absolute Gasteiger partial charge is 0.477 e. The van der Waals surface area contributed by atoms with E-state index in [9.17, 15) is 14.7 Å². The smallest absolute Gasteiger partial charge is 0.352 e. The summed E-state index contributed by atoms with van der Waals surface area (Å²) < 4.78 is 1.57. The van der Waals surface area contributed by atoms with Gasteiger partial charge < -0.3 is 15.7 Å². The van der Waals surface area contributed by atoms with Crippen LogP contribution < -0.4 is 10.6 Å². The van der Waals surface area contributed by atoms with Crippen LogP contribution in [0.1, 0.15) is 22.0 Å². The number of allylic oxidation sites excluding steroid dienone is 2. The highest BCUT2D eigenvalue weighted by Crippen LogP contribution is 2.30. The van der Waals surface area contributed by atoms with Gasteiger partial charge in [-0.15, -0.1) is 0 Å². The highest BCUT2D eigenvalue weighted by Gasteiger charge is 2.27. The predicted molar refractivity (Wildman–Crippen MR) is 115 cm³/mol. The molecule has 30 heavy (non-hydrogen) atoms. The van der Waals surface area contributed by atoms with E-state index in [1.54, 1.807) is 35.0 Å². The van der Waals surface area contributed by atoms with Gasteiger partial charge in [0.2, 0.25) is 0 Å². The Bertz CT molecular complexity index is 1170. The molecule has 0 radical (unpaired) electrons. The van der Waals surface area contributed by atoms with E-state index in [0.29, 0.717) is 16.5 Å². The van der Waals surface area contributed by atoms with Crippen molar-refractivity contribution in [3.8, 4) is 0 Å². The molecular weight excluding hydrogens is 404 g/mol. The van der Waals surface area contributed by atoms with Gasteiger partial charge in [0.15, 0.2) is 0 Å². The van der Waals surface area contributed by atoms with Crippen molar-refractivity contribution in [2.45, 2.75) is 6.04 Å². The molecule has 1 unspecified atom stereocenters. The second kappa shape index (κ2) is 8.26. The number of carboxylic acids is 1. The second-order valence-electron chi connectivity index (χ2n) is 6.59. The van der Waals surface area contributed by atoms with E-state index in [4.69, 9.17) is 11.6 Å². The van der Waals surface area contributed by atoms with Gasteiger partial charge in [-0.1, -0.05) is 60.2 Å². The molecular formula is C22H17ClN4O3. The maximum Gasteiger partial charge on any atom is 0.352 e. The number of anilines is 2. The summed E-state index contributed by atoms with van der Waals surface area (Å²) in [6.07, 6.45) is 6.65. The Morgan fingerprint density at radius 1 is 1.17 bits per heavy atom. The fourth-order valence-corrected chi connectivity index (χ4v) is 3.28. The number of halogens is 1. The minimum atomic E-state index is -1.12. The average molecular weight is 421 g/mol. The van der Waals surface area contributed by atoms with Gasteiger partial charge in [0.25, 0.3) is 5.91 Å². The summed E-state index contributed by atoms with van der Waals surface area (Å²) in [6, 6.07) is 15.9. The molecule has 1 aromatic heterocycles. The van der Waals surface area contributed by atoms with E-state index in [1.807, 2.05) is 42.5 Å². The maximum absolute atomic E-state index is 12.8. The highest BCUT2D eigenvalue weighted by molar-refractivity contribution is 6.31. The molecule has 8 heteroatoms. The normalized spacial score (nSPS) is 15.2. The van der Waals surface area contributed by atoms with E-state index in [2.05, 4.69) is 15.7 Å². The van der Waals surface area contributed by atoms with Crippen LogP contribution in [0.5, 0.6) is 0 Å². The molecule has 4 rings (SSSR count). The summed E-state index contributed by atoms with van der Waals surface area (Å²) in [7, 11) is 0. The molecule has 1 aliphatic rings. The first kappa shape index (κ1) is 19.5. The lowest BCUT2D eigenvalue weighted by atomic mass is 10.1. The monoisotopic (exact) mass is 420 g/mol. The summed E-state index contributed by atoms with van der Waals surface area (Å²) >= 11 is 5.97. The molecule has 1 atom stereocenters. The van der Waals surface area contributed by atoms with Crippen LogP contribution in [-0.4, -0.2) is 26.8 Å². The number of hydrogen-bond donors (Lipinski definition) is 3. The van der Waals surface area contributed by atoms with Gasteiger partial charge in [0.05, 0.1) is 12.2 Å². The summed E-state index contributed by atoms with van der Waals surface area (Å²) in [5.41, 5.74) is 1.69. The minimum absolute atomic E-state index is 0.0254. The fraction of sp³-hybridized carbons (Fsp3) is 0.0455. The molecule has 0 saturated heterocycles.